The zero-order valence-corrected chi connectivity index (χ0v) is 21.8. The molecule has 2 N–H and O–H groups in total. The predicted molar refractivity (Wildman–Crippen MR) is 130 cm³/mol. The number of hydrogen-bond acceptors (Lipinski definition) is 7. The van der Waals surface area contributed by atoms with Crippen molar-refractivity contribution in [2.45, 2.75) is 78.3 Å². The van der Waals surface area contributed by atoms with E-state index >= 15 is 0 Å². The first-order chi connectivity index (χ1) is 15.9. The molecule has 1 unspecified atom stereocenters. The Labute approximate surface area is 209 Å². The molecular weight excluding hydrogens is 481 g/mol. The minimum Gasteiger partial charge on any atom is -0.481 e. The largest absolute Gasteiger partial charge is 0.497 e. The van der Waals surface area contributed by atoms with Gasteiger partial charge in [0.1, 0.15) is 28.9 Å². The number of rotatable bonds is 5. The topological polar surface area (TPSA) is 92.9 Å². The maximum Gasteiger partial charge on any atom is 0.497 e. The molecule has 7 nitrogen and oxygen atoms in total. The molecule has 1 atom stereocenters. The van der Waals surface area contributed by atoms with Crippen molar-refractivity contribution < 1.29 is 32.4 Å². The van der Waals surface area contributed by atoms with Crippen molar-refractivity contribution in [2.75, 3.05) is 5.73 Å². The molecule has 2 heterocycles. The van der Waals surface area contributed by atoms with Gasteiger partial charge in [0.25, 0.3) is 0 Å². The number of esters is 1. The van der Waals surface area contributed by atoms with E-state index in [1.165, 1.54) is 13.1 Å². The van der Waals surface area contributed by atoms with Crippen LogP contribution in [0.15, 0.2) is 18.3 Å². The summed E-state index contributed by atoms with van der Waals surface area (Å²) >= 11 is 6.01. The third kappa shape index (κ3) is 5.39. The molecular formula is C24H30BClF2N2O5. The number of aromatic nitrogens is 1. The van der Waals surface area contributed by atoms with Crippen molar-refractivity contribution >= 4 is 36.0 Å². The van der Waals surface area contributed by atoms with E-state index in [-0.39, 0.29) is 28.2 Å². The highest BCUT2D eigenvalue weighted by atomic mass is 35.5. The van der Waals surface area contributed by atoms with Crippen LogP contribution < -0.4 is 15.9 Å². The Hall–Kier alpha value is -2.43. The number of nitrogens with zero attached hydrogens (tertiary/aromatic N) is 1. The van der Waals surface area contributed by atoms with Crippen LogP contribution in [-0.4, -0.2) is 34.9 Å². The molecule has 1 saturated heterocycles. The molecule has 1 aromatic heterocycles. The van der Waals surface area contributed by atoms with Crippen molar-refractivity contribution in [2.24, 2.45) is 0 Å². The van der Waals surface area contributed by atoms with E-state index in [9.17, 15) is 13.6 Å². The Morgan fingerprint density at radius 3 is 2.23 bits per heavy atom. The second kappa shape index (κ2) is 9.22. The zero-order chi connectivity index (χ0) is 26.5. The number of carbonyl (C=O) groups excluding carboxylic acids is 1. The lowest BCUT2D eigenvalue weighted by molar-refractivity contribution is 0.00578. The fourth-order valence-corrected chi connectivity index (χ4v) is 3.79. The first-order valence-corrected chi connectivity index (χ1v) is 11.5. The number of nitrogens with two attached hydrogens (primary N) is 1. The minimum atomic E-state index is -1.14. The summed E-state index contributed by atoms with van der Waals surface area (Å²) in [7, 11) is -0.997. The Balaban J connectivity index is 2.15. The second-order valence-corrected chi connectivity index (χ2v) is 10.8. The van der Waals surface area contributed by atoms with Crippen molar-refractivity contribution in [1.82, 2.24) is 4.98 Å². The predicted octanol–water partition coefficient (Wildman–Crippen LogP) is 4.99. The number of carbonyl (C=O) groups is 1. The van der Waals surface area contributed by atoms with Crippen LogP contribution in [0.5, 0.6) is 5.75 Å². The summed E-state index contributed by atoms with van der Waals surface area (Å²) in [5, 5.41) is -0.440. The van der Waals surface area contributed by atoms with Crippen LogP contribution in [0.3, 0.4) is 0 Å². The third-order valence-corrected chi connectivity index (χ3v) is 6.37. The van der Waals surface area contributed by atoms with Crippen molar-refractivity contribution in [3.63, 3.8) is 0 Å². The number of nitrogen functional groups attached to an aromatic ring is 1. The van der Waals surface area contributed by atoms with Crippen LogP contribution in [0.1, 0.15) is 77.4 Å². The summed E-state index contributed by atoms with van der Waals surface area (Å²) in [4.78, 5) is 17.5. The van der Waals surface area contributed by atoms with Gasteiger partial charge in [-0.15, -0.1) is 0 Å². The third-order valence-electron chi connectivity index (χ3n) is 5.98. The van der Waals surface area contributed by atoms with Crippen molar-refractivity contribution in [1.29, 1.82) is 0 Å². The molecule has 0 aliphatic carbocycles. The van der Waals surface area contributed by atoms with E-state index in [4.69, 9.17) is 36.1 Å². The van der Waals surface area contributed by atoms with Gasteiger partial charge in [0, 0.05) is 17.2 Å². The molecule has 1 fully saturated rings. The maximum absolute atomic E-state index is 14.6. The summed E-state index contributed by atoms with van der Waals surface area (Å²) in [6.07, 6.45) is 0.210. The normalized spacial score (nSPS) is 17.9. The van der Waals surface area contributed by atoms with Gasteiger partial charge in [-0.3, -0.25) is 0 Å². The van der Waals surface area contributed by atoms with Gasteiger partial charge in [-0.25, -0.2) is 18.6 Å². The molecule has 1 aliphatic rings. The SMILES string of the molecule is CC(Oc1c(N)ncc(B2OC(C)(C)C(C)(C)O2)c1C(=O)OC(C)(C)C)c1c(F)ccc(F)c1Cl. The van der Waals surface area contributed by atoms with E-state index < -0.39 is 52.7 Å². The molecule has 11 heteroatoms. The summed E-state index contributed by atoms with van der Waals surface area (Å²) in [6, 6.07) is 1.85. The van der Waals surface area contributed by atoms with E-state index in [1.54, 1.807) is 20.8 Å². The van der Waals surface area contributed by atoms with Crippen LogP contribution in [-0.2, 0) is 14.0 Å². The number of halogens is 3. The number of hydrogen-bond donors (Lipinski definition) is 1. The van der Waals surface area contributed by atoms with E-state index in [2.05, 4.69) is 4.98 Å². The van der Waals surface area contributed by atoms with Crippen LogP contribution >= 0.6 is 11.6 Å². The van der Waals surface area contributed by atoms with Gasteiger partial charge in [-0.05, 0) is 67.5 Å². The highest BCUT2D eigenvalue weighted by Gasteiger charge is 2.53. The molecule has 190 valence electrons. The molecule has 2 aromatic rings. The fourth-order valence-electron chi connectivity index (χ4n) is 3.48. The smallest absolute Gasteiger partial charge is 0.481 e. The van der Waals surface area contributed by atoms with E-state index in [0.717, 1.165) is 12.1 Å². The first-order valence-electron chi connectivity index (χ1n) is 11.1. The highest BCUT2D eigenvalue weighted by molar-refractivity contribution is 6.63. The number of pyridine rings is 1. The molecule has 1 aromatic carbocycles. The quantitative estimate of drug-likeness (QED) is 0.344. The van der Waals surface area contributed by atoms with E-state index in [0.29, 0.717) is 0 Å². The molecule has 0 saturated carbocycles. The van der Waals surface area contributed by atoms with Crippen molar-refractivity contribution in [3.8, 4) is 5.75 Å². The van der Waals surface area contributed by atoms with Crippen LogP contribution in [0.25, 0.3) is 0 Å². The number of ether oxygens (including phenoxy) is 2. The van der Waals surface area contributed by atoms with Gasteiger partial charge >= 0.3 is 13.1 Å². The van der Waals surface area contributed by atoms with Gasteiger partial charge in [0.05, 0.1) is 16.2 Å². The van der Waals surface area contributed by atoms with E-state index in [1.807, 2.05) is 27.7 Å². The number of anilines is 1. The average molecular weight is 511 g/mol. The summed E-state index contributed by atoms with van der Waals surface area (Å²) < 4.78 is 52.4. The number of benzene rings is 1. The molecule has 0 radical (unpaired) electrons. The Bertz CT molecular complexity index is 1140. The molecule has 0 amide bonds. The summed E-state index contributed by atoms with van der Waals surface area (Å²) in [5.41, 5.74) is 3.72. The van der Waals surface area contributed by atoms with Crippen LogP contribution in [0.4, 0.5) is 14.6 Å². The second-order valence-electron chi connectivity index (χ2n) is 10.4. The van der Waals surface area contributed by atoms with Crippen LogP contribution in [0.2, 0.25) is 5.02 Å². The van der Waals surface area contributed by atoms with Gasteiger partial charge in [-0.2, -0.15) is 0 Å². The lowest BCUT2D eigenvalue weighted by atomic mass is 9.76. The summed E-state index contributed by atoms with van der Waals surface area (Å²) in [5.74, 6) is -2.71. The molecule has 3 rings (SSSR count). The van der Waals surface area contributed by atoms with Gasteiger partial charge in [0.2, 0.25) is 0 Å². The van der Waals surface area contributed by atoms with Crippen LogP contribution in [0, 0.1) is 11.6 Å². The molecule has 0 bridgehead atoms. The first kappa shape index (κ1) is 27.2. The highest BCUT2D eigenvalue weighted by Crippen LogP contribution is 2.39. The Morgan fingerprint density at radius 1 is 1.14 bits per heavy atom. The lowest BCUT2D eigenvalue weighted by Gasteiger charge is -2.32. The Morgan fingerprint density at radius 2 is 1.69 bits per heavy atom. The van der Waals surface area contributed by atoms with Crippen molar-refractivity contribution in [3.05, 3.63) is 46.1 Å². The molecule has 1 aliphatic heterocycles. The standard InChI is InChI=1S/C24H30BClF2N2O5/c1-12(16-14(27)9-10-15(28)18(16)26)32-19-17(21(31)33-22(2,3)4)13(11-30-20(19)29)25-34-23(5,6)24(7,8)35-25/h9-12H,1-8H3,(H2,29,30). The van der Waals surface area contributed by atoms with Gasteiger partial charge < -0.3 is 24.5 Å². The minimum absolute atomic E-state index is 0.0919. The fraction of sp³-hybridized carbons (Fsp3) is 0.500. The van der Waals surface area contributed by atoms with Gasteiger partial charge in [-0.1, -0.05) is 11.6 Å². The van der Waals surface area contributed by atoms with Gasteiger partial charge in [0.15, 0.2) is 11.6 Å². The maximum atomic E-state index is 14.6. The molecule has 35 heavy (non-hydrogen) atoms. The monoisotopic (exact) mass is 510 g/mol. The zero-order valence-electron chi connectivity index (χ0n) is 21.1. The summed E-state index contributed by atoms with van der Waals surface area (Å²) in [6.45, 7) is 14.0. The average Bonchev–Trinajstić information content (AvgIpc) is 2.92. The Kier molecular flexibility index (Phi) is 7.16. The lowest BCUT2D eigenvalue weighted by Crippen LogP contribution is -2.41. The molecule has 0 spiro atoms.